The smallest absolute Gasteiger partial charge is 0.159 e. The fraction of sp³-hybridized carbons (Fsp3) is 0.889. The Kier molecular flexibility index (Phi) is 3.55. The molecule has 0 N–H and O–H groups in total. The summed E-state index contributed by atoms with van der Waals surface area (Å²) in [5.74, 6) is 0. The van der Waals surface area contributed by atoms with Crippen LogP contribution in [0.2, 0.25) is 0 Å². The molecular formula is C9H15BrN2S. The number of hydrogen-bond donors (Lipinski definition) is 0. The molecule has 0 radical (unpaired) electrons. The van der Waals surface area contributed by atoms with Gasteiger partial charge in [0.2, 0.25) is 0 Å². The highest BCUT2D eigenvalue weighted by Gasteiger charge is 2.23. The molecule has 1 saturated heterocycles. The van der Waals surface area contributed by atoms with Crippen molar-refractivity contribution < 1.29 is 0 Å². The molecule has 4 heteroatoms. The van der Waals surface area contributed by atoms with Crippen molar-refractivity contribution in [3.8, 4) is 0 Å². The van der Waals surface area contributed by atoms with Gasteiger partial charge in [0.1, 0.15) is 0 Å². The summed E-state index contributed by atoms with van der Waals surface area (Å²) >= 11 is 5.46. The van der Waals surface area contributed by atoms with Gasteiger partial charge in [-0.1, -0.05) is 27.7 Å². The second kappa shape index (κ2) is 4.69. The third kappa shape index (κ3) is 2.40. The zero-order valence-electron chi connectivity index (χ0n) is 7.71. The predicted octanol–water partition coefficient (Wildman–Crippen LogP) is 2.34. The molecule has 0 aromatic carbocycles. The Bertz CT molecular complexity index is 202. The minimum absolute atomic E-state index is 0.678. The number of alkyl halides is 1. The number of thioether (sulfide) groups is 1. The van der Waals surface area contributed by atoms with Gasteiger partial charge >= 0.3 is 0 Å². The van der Waals surface area contributed by atoms with Crippen LogP contribution in [0.4, 0.5) is 0 Å². The average molecular weight is 263 g/mol. The fourth-order valence-corrected chi connectivity index (χ4v) is 3.34. The van der Waals surface area contributed by atoms with E-state index < -0.39 is 0 Å². The summed E-state index contributed by atoms with van der Waals surface area (Å²) in [6.07, 6.45) is 4.09. The molecule has 0 aromatic rings. The van der Waals surface area contributed by atoms with Crippen molar-refractivity contribution in [3.05, 3.63) is 0 Å². The standard InChI is InChI=1S/C9H15BrN2S/c10-6-8-7-11-9(13-8)12-4-2-1-3-5-12/h8H,1-7H2/t8-/m0/s1. The Morgan fingerprint density at radius 3 is 2.77 bits per heavy atom. The van der Waals surface area contributed by atoms with Gasteiger partial charge in [0.05, 0.1) is 6.54 Å². The number of hydrogen-bond acceptors (Lipinski definition) is 3. The van der Waals surface area contributed by atoms with Crippen LogP contribution in [-0.2, 0) is 0 Å². The second-order valence-corrected chi connectivity index (χ2v) is 5.48. The van der Waals surface area contributed by atoms with Gasteiger partial charge in [0, 0.05) is 23.7 Å². The van der Waals surface area contributed by atoms with E-state index in [9.17, 15) is 0 Å². The van der Waals surface area contributed by atoms with Gasteiger partial charge in [0.15, 0.2) is 5.17 Å². The van der Waals surface area contributed by atoms with Gasteiger partial charge in [-0.3, -0.25) is 4.99 Å². The molecule has 0 aromatic heterocycles. The van der Waals surface area contributed by atoms with E-state index >= 15 is 0 Å². The monoisotopic (exact) mass is 262 g/mol. The van der Waals surface area contributed by atoms with Gasteiger partial charge in [-0.15, -0.1) is 0 Å². The van der Waals surface area contributed by atoms with E-state index in [1.807, 2.05) is 11.8 Å². The maximum Gasteiger partial charge on any atom is 0.159 e. The zero-order valence-corrected chi connectivity index (χ0v) is 10.1. The zero-order chi connectivity index (χ0) is 9.10. The summed E-state index contributed by atoms with van der Waals surface area (Å²) in [4.78, 5) is 7.04. The highest BCUT2D eigenvalue weighted by atomic mass is 79.9. The van der Waals surface area contributed by atoms with E-state index in [1.54, 1.807) is 0 Å². The lowest BCUT2D eigenvalue weighted by Crippen LogP contribution is -2.33. The minimum Gasteiger partial charge on any atom is -0.351 e. The number of halogens is 1. The molecule has 0 amide bonds. The number of amidine groups is 1. The van der Waals surface area contributed by atoms with E-state index in [2.05, 4.69) is 25.8 Å². The first-order chi connectivity index (χ1) is 6.40. The normalized spacial score (nSPS) is 29.2. The number of rotatable bonds is 1. The van der Waals surface area contributed by atoms with Crippen LogP contribution in [0.15, 0.2) is 4.99 Å². The largest absolute Gasteiger partial charge is 0.351 e. The first kappa shape index (κ1) is 9.84. The molecular weight excluding hydrogens is 248 g/mol. The Balaban J connectivity index is 1.87. The van der Waals surface area contributed by atoms with Crippen LogP contribution in [0.1, 0.15) is 19.3 Å². The third-order valence-corrected chi connectivity index (χ3v) is 4.96. The number of likely N-dealkylation sites (tertiary alicyclic amines) is 1. The lowest BCUT2D eigenvalue weighted by atomic mass is 10.1. The quantitative estimate of drug-likeness (QED) is 0.675. The number of aliphatic imine (C=N–C) groups is 1. The molecule has 74 valence electrons. The van der Waals surface area contributed by atoms with Crippen molar-refractivity contribution in [2.24, 2.45) is 4.99 Å². The number of piperidine rings is 1. The summed E-state index contributed by atoms with van der Waals surface area (Å²) in [6, 6.07) is 0. The van der Waals surface area contributed by atoms with Gasteiger partial charge in [-0.2, -0.15) is 0 Å². The Hall–Kier alpha value is 0.300. The summed E-state index contributed by atoms with van der Waals surface area (Å²) < 4.78 is 0. The van der Waals surface area contributed by atoms with Crippen molar-refractivity contribution in [1.82, 2.24) is 4.90 Å². The Morgan fingerprint density at radius 2 is 2.15 bits per heavy atom. The van der Waals surface area contributed by atoms with E-state index in [0.717, 1.165) is 11.9 Å². The Morgan fingerprint density at radius 1 is 1.38 bits per heavy atom. The van der Waals surface area contributed by atoms with Crippen molar-refractivity contribution >= 4 is 32.9 Å². The van der Waals surface area contributed by atoms with Crippen LogP contribution in [-0.4, -0.2) is 40.3 Å². The minimum atomic E-state index is 0.678. The molecule has 0 saturated carbocycles. The van der Waals surface area contributed by atoms with Crippen molar-refractivity contribution in [3.63, 3.8) is 0 Å². The molecule has 1 atom stereocenters. The summed E-state index contributed by atoms with van der Waals surface area (Å²) in [5.41, 5.74) is 0. The summed E-state index contributed by atoms with van der Waals surface area (Å²) in [7, 11) is 0. The van der Waals surface area contributed by atoms with E-state index in [0.29, 0.717) is 5.25 Å². The summed E-state index contributed by atoms with van der Waals surface area (Å²) in [6.45, 7) is 3.45. The molecule has 2 heterocycles. The maximum atomic E-state index is 4.59. The van der Waals surface area contributed by atoms with Crippen molar-refractivity contribution in [2.45, 2.75) is 24.5 Å². The number of nitrogens with zero attached hydrogens (tertiary/aromatic N) is 2. The van der Waals surface area contributed by atoms with Crippen LogP contribution in [0.5, 0.6) is 0 Å². The fourth-order valence-electron chi connectivity index (χ4n) is 1.74. The maximum absolute atomic E-state index is 4.59. The molecule has 1 fully saturated rings. The van der Waals surface area contributed by atoms with Crippen LogP contribution < -0.4 is 0 Å². The van der Waals surface area contributed by atoms with E-state index in [-0.39, 0.29) is 0 Å². The highest BCUT2D eigenvalue weighted by molar-refractivity contribution is 9.09. The van der Waals surface area contributed by atoms with E-state index in [4.69, 9.17) is 0 Å². The molecule has 2 aliphatic rings. The molecule has 2 rings (SSSR count). The lowest BCUT2D eigenvalue weighted by Gasteiger charge is -2.28. The predicted molar refractivity (Wildman–Crippen MR) is 62.9 cm³/mol. The topological polar surface area (TPSA) is 15.6 Å². The van der Waals surface area contributed by atoms with Gasteiger partial charge < -0.3 is 4.90 Å². The first-order valence-electron chi connectivity index (χ1n) is 4.92. The third-order valence-electron chi connectivity index (χ3n) is 2.50. The molecule has 2 aliphatic heterocycles. The molecule has 13 heavy (non-hydrogen) atoms. The first-order valence-corrected chi connectivity index (χ1v) is 6.92. The molecule has 0 bridgehead atoms. The average Bonchev–Trinajstić information content (AvgIpc) is 2.67. The van der Waals surface area contributed by atoms with E-state index in [1.165, 1.54) is 37.5 Å². The Labute approximate surface area is 92.3 Å². The second-order valence-electron chi connectivity index (χ2n) is 3.57. The van der Waals surface area contributed by atoms with Gasteiger partial charge in [-0.05, 0) is 19.3 Å². The molecule has 2 nitrogen and oxygen atoms in total. The molecule has 0 unspecified atom stereocenters. The van der Waals surface area contributed by atoms with Gasteiger partial charge in [0.25, 0.3) is 0 Å². The SMILES string of the molecule is BrC[C@H]1CN=C(N2CCCCC2)S1. The summed E-state index contributed by atoms with van der Waals surface area (Å²) in [5, 5.41) is 3.04. The molecule has 0 aliphatic carbocycles. The van der Waals surface area contributed by atoms with Crippen LogP contribution >= 0.6 is 27.7 Å². The van der Waals surface area contributed by atoms with Crippen LogP contribution in [0, 0.1) is 0 Å². The molecule has 0 spiro atoms. The van der Waals surface area contributed by atoms with Crippen molar-refractivity contribution in [2.75, 3.05) is 25.0 Å². The van der Waals surface area contributed by atoms with Crippen LogP contribution in [0.3, 0.4) is 0 Å². The van der Waals surface area contributed by atoms with Crippen molar-refractivity contribution in [1.29, 1.82) is 0 Å². The van der Waals surface area contributed by atoms with Gasteiger partial charge in [-0.25, -0.2) is 0 Å². The van der Waals surface area contributed by atoms with Crippen LogP contribution in [0.25, 0.3) is 0 Å². The highest BCUT2D eigenvalue weighted by Crippen LogP contribution is 2.26. The lowest BCUT2D eigenvalue weighted by molar-refractivity contribution is 0.348.